The first-order valence-electron chi connectivity index (χ1n) is 7.86. The van der Waals surface area contributed by atoms with Gasteiger partial charge in [0.25, 0.3) is 0 Å². The van der Waals surface area contributed by atoms with Gasteiger partial charge in [-0.25, -0.2) is 0 Å². The van der Waals surface area contributed by atoms with Crippen molar-refractivity contribution >= 4 is 11.3 Å². The first-order valence-corrected chi connectivity index (χ1v) is 7.86. The SMILES string of the molecule is C=C(c1ccc(Cc2ccccc2)cc1)c1ccc(NC)cc1. The molecule has 0 bridgehead atoms. The third-order valence-corrected chi connectivity index (χ3v) is 4.08. The van der Waals surface area contributed by atoms with Crippen LogP contribution in [0.25, 0.3) is 5.57 Å². The number of hydrogen-bond acceptors (Lipinski definition) is 1. The molecule has 1 heteroatoms. The second-order valence-corrected chi connectivity index (χ2v) is 5.67. The van der Waals surface area contributed by atoms with E-state index in [0.29, 0.717) is 0 Å². The van der Waals surface area contributed by atoms with Crippen LogP contribution in [0, 0.1) is 0 Å². The van der Waals surface area contributed by atoms with E-state index in [2.05, 4.69) is 90.8 Å². The topological polar surface area (TPSA) is 12.0 Å². The van der Waals surface area contributed by atoms with E-state index in [1.54, 1.807) is 0 Å². The summed E-state index contributed by atoms with van der Waals surface area (Å²) in [5, 5.41) is 3.13. The first-order chi connectivity index (χ1) is 11.3. The molecule has 0 saturated heterocycles. The van der Waals surface area contributed by atoms with Crippen molar-refractivity contribution in [2.75, 3.05) is 12.4 Å². The summed E-state index contributed by atoms with van der Waals surface area (Å²) in [7, 11) is 1.93. The van der Waals surface area contributed by atoms with Gasteiger partial charge >= 0.3 is 0 Å². The van der Waals surface area contributed by atoms with Gasteiger partial charge in [0.1, 0.15) is 0 Å². The predicted molar refractivity (Wildman–Crippen MR) is 99.8 cm³/mol. The Labute approximate surface area is 138 Å². The zero-order valence-electron chi connectivity index (χ0n) is 13.4. The summed E-state index contributed by atoms with van der Waals surface area (Å²) in [5.41, 5.74) is 7.14. The first kappa shape index (κ1) is 15.1. The molecule has 3 aromatic rings. The lowest BCUT2D eigenvalue weighted by Gasteiger charge is -2.09. The van der Waals surface area contributed by atoms with E-state index in [-0.39, 0.29) is 0 Å². The third-order valence-electron chi connectivity index (χ3n) is 4.08. The smallest absolute Gasteiger partial charge is 0.0337 e. The van der Waals surface area contributed by atoms with Gasteiger partial charge in [-0.2, -0.15) is 0 Å². The quantitative estimate of drug-likeness (QED) is 0.667. The minimum atomic E-state index is 0.963. The molecule has 0 aromatic heterocycles. The van der Waals surface area contributed by atoms with E-state index in [1.165, 1.54) is 16.7 Å². The van der Waals surface area contributed by atoms with Gasteiger partial charge < -0.3 is 5.32 Å². The Morgan fingerprint density at radius 3 is 1.83 bits per heavy atom. The summed E-state index contributed by atoms with van der Waals surface area (Å²) in [4.78, 5) is 0. The normalized spacial score (nSPS) is 10.3. The van der Waals surface area contributed by atoms with E-state index in [4.69, 9.17) is 0 Å². The summed E-state index contributed by atoms with van der Waals surface area (Å²) in [6, 6.07) is 27.6. The van der Waals surface area contributed by atoms with Gasteiger partial charge in [-0.1, -0.05) is 73.3 Å². The van der Waals surface area contributed by atoms with Gasteiger partial charge in [0.15, 0.2) is 0 Å². The van der Waals surface area contributed by atoms with E-state index >= 15 is 0 Å². The molecule has 1 N–H and O–H groups in total. The number of hydrogen-bond donors (Lipinski definition) is 1. The van der Waals surface area contributed by atoms with E-state index in [9.17, 15) is 0 Å². The maximum Gasteiger partial charge on any atom is 0.0337 e. The van der Waals surface area contributed by atoms with Crippen LogP contribution in [-0.4, -0.2) is 7.05 Å². The lowest BCUT2D eigenvalue weighted by atomic mass is 9.97. The molecule has 3 rings (SSSR count). The van der Waals surface area contributed by atoms with E-state index in [1.807, 2.05) is 7.05 Å². The predicted octanol–water partition coefficient (Wildman–Crippen LogP) is 5.38. The van der Waals surface area contributed by atoms with E-state index < -0.39 is 0 Å². The van der Waals surface area contributed by atoms with Crippen LogP contribution in [-0.2, 0) is 6.42 Å². The van der Waals surface area contributed by atoms with Crippen LogP contribution < -0.4 is 5.32 Å². The Hall–Kier alpha value is -2.80. The molecule has 0 heterocycles. The van der Waals surface area contributed by atoms with Crippen LogP contribution in [0.1, 0.15) is 22.3 Å². The molecule has 0 atom stereocenters. The second-order valence-electron chi connectivity index (χ2n) is 5.67. The Bertz CT molecular complexity index is 768. The van der Waals surface area contributed by atoms with Gasteiger partial charge in [0.2, 0.25) is 0 Å². The van der Waals surface area contributed by atoms with E-state index in [0.717, 1.165) is 23.2 Å². The number of benzene rings is 3. The van der Waals surface area contributed by atoms with Crippen molar-refractivity contribution in [3.63, 3.8) is 0 Å². The molecule has 0 aliphatic rings. The highest BCUT2D eigenvalue weighted by atomic mass is 14.8. The van der Waals surface area contributed by atoms with Crippen LogP contribution in [0.3, 0.4) is 0 Å². The lowest BCUT2D eigenvalue weighted by Crippen LogP contribution is -1.91. The van der Waals surface area contributed by atoms with Gasteiger partial charge in [-0.15, -0.1) is 0 Å². The number of nitrogens with one attached hydrogen (secondary N) is 1. The second kappa shape index (κ2) is 6.97. The van der Waals surface area contributed by atoms with Crippen molar-refractivity contribution in [1.29, 1.82) is 0 Å². The van der Waals surface area contributed by atoms with Crippen LogP contribution in [0.2, 0.25) is 0 Å². The molecule has 114 valence electrons. The fraction of sp³-hybridized carbons (Fsp3) is 0.0909. The maximum atomic E-state index is 4.24. The summed E-state index contributed by atoms with van der Waals surface area (Å²) in [6.45, 7) is 4.24. The van der Waals surface area contributed by atoms with Crippen LogP contribution >= 0.6 is 0 Å². The minimum Gasteiger partial charge on any atom is -0.388 e. The summed E-state index contributed by atoms with van der Waals surface area (Å²) in [5.74, 6) is 0. The van der Waals surface area contributed by atoms with Crippen molar-refractivity contribution in [2.45, 2.75) is 6.42 Å². The minimum absolute atomic E-state index is 0.963. The average molecular weight is 299 g/mol. The third kappa shape index (κ3) is 3.70. The molecule has 0 fully saturated rings. The highest BCUT2D eigenvalue weighted by Gasteiger charge is 2.03. The molecule has 0 aliphatic heterocycles. The number of anilines is 1. The van der Waals surface area contributed by atoms with Crippen molar-refractivity contribution in [2.24, 2.45) is 0 Å². The van der Waals surface area contributed by atoms with Gasteiger partial charge in [0, 0.05) is 12.7 Å². The Balaban J connectivity index is 1.74. The summed E-state index contributed by atoms with van der Waals surface area (Å²) in [6.07, 6.45) is 0.963. The molecule has 0 spiro atoms. The largest absolute Gasteiger partial charge is 0.388 e. The Morgan fingerprint density at radius 2 is 1.26 bits per heavy atom. The van der Waals surface area contributed by atoms with Crippen LogP contribution in [0.4, 0.5) is 5.69 Å². The summed E-state index contributed by atoms with van der Waals surface area (Å²) >= 11 is 0. The Kier molecular flexibility index (Phi) is 4.58. The molecular weight excluding hydrogens is 278 g/mol. The van der Waals surface area contributed by atoms with Crippen molar-refractivity contribution < 1.29 is 0 Å². The highest BCUT2D eigenvalue weighted by Crippen LogP contribution is 2.23. The molecule has 3 aromatic carbocycles. The average Bonchev–Trinajstić information content (AvgIpc) is 2.63. The highest BCUT2D eigenvalue weighted by molar-refractivity contribution is 5.78. The van der Waals surface area contributed by atoms with Gasteiger partial charge in [-0.3, -0.25) is 0 Å². The molecule has 0 amide bonds. The molecule has 1 nitrogen and oxygen atoms in total. The number of rotatable bonds is 5. The fourth-order valence-electron chi connectivity index (χ4n) is 2.66. The molecule has 0 saturated carbocycles. The monoisotopic (exact) mass is 299 g/mol. The standard InChI is InChI=1S/C22H21N/c1-17(21-12-14-22(23-2)15-13-21)20-10-8-19(9-11-20)16-18-6-4-3-5-7-18/h3-15,23H,1,16H2,2H3. The van der Waals surface area contributed by atoms with Crippen LogP contribution in [0.5, 0.6) is 0 Å². The lowest BCUT2D eigenvalue weighted by molar-refractivity contribution is 1.19. The fourth-order valence-corrected chi connectivity index (χ4v) is 2.66. The molecular formula is C22H21N. The maximum absolute atomic E-state index is 4.24. The van der Waals surface area contributed by atoms with Crippen molar-refractivity contribution in [1.82, 2.24) is 0 Å². The summed E-state index contributed by atoms with van der Waals surface area (Å²) < 4.78 is 0. The molecule has 23 heavy (non-hydrogen) atoms. The molecule has 0 aliphatic carbocycles. The zero-order valence-corrected chi connectivity index (χ0v) is 13.4. The molecule has 0 radical (unpaired) electrons. The van der Waals surface area contributed by atoms with Crippen LogP contribution in [0.15, 0.2) is 85.4 Å². The molecule has 0 unspecified atom stereocenters. The van der Waals surface area contributed by atoms with Crippen molar-refractivity contribution in [3.8, 4) is 0 Å². The zero-order chi connectivity index (χ0) is 16.1. The Morgan fingerprint density at radius 1 is 0.739 bits per heavy atom. The van der Waals surface area contributed by atoms with Gasteiger partial charge in [0.05, 0.1) is 0 Å². The van der Waals surface area contributed by atoms with Crippen molar-refractivity contribution in [3.05, 3.63) is 108 Å². The van der Waals surface area contributed by atoms with Gasteiger partial charge in [-0.05, 0) is 46.4 Å².